The lowest BCUT2D eigenvalue weighted by atomic mass is 9.33. The molecule has 28 unspecified atom stereocenters. The molecule has 8 fully saturated rings. The summed E-state index contributed by atoms with van der Waals surface area (Å²) >= 11 is 0. The highest BCUT2D eigenvalue weighted by Gasteiger charge is 2.70. The summed E-state index contributed by atoms with van der Waals surface area (Å²) in [6.45, 7) is 13.2. The van der Waals surface area contributed by atoms with Crippen LogP contribution in [-0.2, 0) is 42.7 Å². The number of carbonyl (C=O) groups is 1. The zero-order chi connectivity index (χ0) is 56.3. The zero-order valence-corrected chi connectivity index (χ0v) is 45.3. The zero-order valence-electron chi connectivity index (χ0n) is 45.3. The normalized spacial score (nSPS) is 53.4. The van der Waals surface area contributed by atoms with Gasteiger partial charge in [0.25, 0.3) is 0 Å². The lowest BCUT2D eigenvalue weighted by molar-refractivity contribution is -0.378. The Morgan fingerprint density at radius 1 is 0.545 bits per heavy atom. The SMILES string of the molecule is CC1(C)CCC2(C(=O)OC3OC(COC4OC(CO)C(O)C(O)C4O)C(O)C(O)C3O)CCC3(C)C(=CCC4C5(C)CCC(OC6OC(CO)C(O)C(O)C6OC6OC(CO)C(O)C(O)C6O)C(C)(C)C5CCC43C)C2C1. The molecule has 9 rings (SSSR count). The van der Waals surface area contributed by atoms with E-state index in [1.165, 1.54) is 5.57 Å². The lowest BCUT2D eigenvalue weighted by Crippen LogP contribution is -2.67. The van der Waals surface area contributed by atoms with Gasteiger partial charge in [0.15, 0.2) is 18.9 Å². The molecule has 442 valence electrons. The topological polar surface area (TPSA) is 374 Å². The van der Waals surface area contributed by atoms with E-state index in [2.05, 4.69) is 54.5 Å². The second kappa shape index (κ2) is 21.8. The van der Waals surface area contributed by atoms with E-state index < -0.39 is 172 Å². The molecule has 5 aliphatic carbocycles. The molecule has 23 nitrogen and oxygen atoms in total. The number of aliphatic hydroxyl groups is 14. The van der Waals surface area contributed by atoms with Crippen molar-refractivity contribution in [2.45, 2.75) is 242 Å². The predicted molar refractivity (Wildman–Crippen MR) is 263 cm³/mol. The summed E-state index contributed by atoms with van der Waals surface area (Å²) in [5, 5.41) is 148. The molecule has 0 aromatic heterocycles. The standard InChI is InChI=1S/C54H88O23/c1-49(2)14-16-54(48(69)77-46-42(68)38(64)35(61)28(74-46)22-70-44-40(66)36(62)32(58)25(19-55)71-44)17-15-52(6)23(24(54)18-49)8-9-30-51(5)12-11-31(50(3,4)29(51)10-13-53(30,52)7)75-47-43(39(65)34(60)27(21-57)73-47)76-45-41(67)37(63)33(59)26(20-56)72-45/h8,24-47,55-68H,9-22H2,1-7H3. The van der Waals surface area contributed by atoms with Crippen LogP contribution in [-0.4, -0.2) is 233 Å². The monoisotopic (exact) mass is 1100 g/mol. The van der Waals surface area contributed by atoms with E-state index in [1.54, 1.807) is 0 Å². The smallest absolute Gasteiger partial charge is 0.315 e. The van der Waals surface area contributed by atoms with Crippen LogP contribution in [0.2, 0.25) is 0 Å². The highest BCUT2D eigenvalue weighted by molar-refractivity contribution is 5.79. The largest absolute Gasteiger partial charge is 0.432 e. The van der Waals surface area contributed by atoms with E-state index in [-0.39, 0.29) is 39.4 Å². The van der Waals surface area contributed by atoms with Crippen LogP contribution in [0.25, 0.3) is 0 Å². The molecule has 4 saturated heterocycles. The van der Waals surface area contributed by atoms with Crippen LogP contribution < -0.4 is 0 Å². The molecule has 28 atom stereocenters. The first-order valence-corrected chi connectivity index (χ1v) is 27.8. The summed E-state index contributed by atoms with van der Waals surface area (Å²) in [5.74, 6) is -0.520. The molecule has 0 aromatic carbocycles. The third-order valence-electron chi connectivity index (χ3n) is 21.4. The van der Waals surface area contributed by atoms with Crippen LogP contribution in [0.4, 0.5) is 0 Å². The van der Waals surface area contributed by atoms with Gasteiger partial charge in [-0.3, -0.25) is 4.79 Å². The summed E-state index contributed by atoms with van der Waals surface area (Å²) < 4.78 is 47.7. The molecule has 4 saturated carbocycles. The number of hydrogen-bond acceptors (Lipinski definition) is 23. The summed E-state index contributed by atoms with van der Waals surface area (Å²) in [7, 11) is 0. The lowest BCUT2D eigenvalue weighted by Gasteiger charge is -2.71. The van der Waals surface area contributed by atoms with Crippen molar-refractivity contribution < 1.29 is 114 Å². The highest BCUT2D eigenvalue weighted by atomic mass is 16.8. The number of ether oxygens (including phenoxy) is 8. The summed E-state index contributed by atoms with van der Waals surface area (Å²) in [6, 6.07) is 0. The Balaban J connectivity index is 0.930. The van der Waals surface area contributed by atoms with E-state index in [4.69, 9.17) is 37.9 Å². The van der Waals surface area contributed by atoms with E-state index in [0.717, 1.165) is 32.1 Å². The fourth-order valence-corrected chi connectivity index (χ4v) is 16.4. The first-order valence-electron chi connectivity index (χ1n) is 27.8. The van der Waals surface area contributed by atoms with Crippen LogP contribution >= 0.6 is 0 Å². The van der Waals surface area contributed by atoms with Crippen LogP contribution in [0.15, 0.2) is 11.6 Å². The third-order valence-corrected chi connectivity index (χ3v) is 21.4. The van der Waals surface area contributed by atoms with Gasteiger partial charge in [-0.1, -0.05) is 60.1 Å². The molecule has 0 radical (unpaired) electrons. The Kier molecular flexibility index (Phi) is 17.0. The number of rotatable bonds is 12. The molecular formula is C54H88O23. The minimum atomic E-state index is -1.84. The van der Waals surface area contributed by atoms with Gasteiger partial charge in [-0.25, -0.2) is 0 Å². The maximum absolute atomic E-state index is 15.1. The quantitative estimate of drug-likeness (QED) is 0.0569. The van der Waals surface area contributed by atoms with Crippen LogP contribution in [0.5, 0.6) is 0 Å². The van der Waals surface area contributed by atoms with Gasteiger partial charge in [0.1, 0.15) is 97.7 Å². The highest BCUT2D eigenvalue weighted by Crippen LogP contribution is 2.76. The van der Waals surface area contributed by atoms with Crippen molar-refractivity contribution in [3.05, 3.63) is 11.6 Å². The molecule has 9 aliphatic rings. The second-order valence-corrected chi connectivity index (χ2v) is 26.3. The van der Waals surface area contributed by atoms with Crippen LogP contribution in [0, 0.1) is 50.2 Å². The van der Waals surface area contributed by atoms with E-state index in [0.29, 0.717) is 32.1 Å². The van der Waals surface area contributed by atoms with Crippen molar-refractivity contribution in [1.82, 2.24) is 0 Å². The van der Waals surface area contributed by atoms with Gasteiger partial charge in [0, 0.05) is 0 Å². The Labute approximate surface area is 449 Å². The first kappa shape index (κ1) is 60.0. The number of esters is 1. The fourth-order valence-electron chi connectivity index (χ4n) is 16.4. The Bertz CT molecular complexity index is 2110. The predicted octanol–water partition coefficient (Wildman–Crippen LogP) is -2.04. The maximum atomic E-state index is 15.1. The van der Waals surface area contributed by atoms with Crippen molar-refractivity contribution in [2.75, 3.05) is 26.4 Å². The number of carbonyl (C=O) groups excluding carboxylic acids is 1. The second-order valence-electron chi connectivity index (χ2n) is 26.3. The van der Waals surface area contributed by atoms with Crippen molar-refractivity contribution in [1.29, 1.82) is 0 Å². The van der Waals surface area contributed by atoms with Gasteiger partial charge in [0.2, 0.25) is 6.29 Å². The molecule has 4 heterocycles. The number of fused-ring (bicyclic) bond motifs is 7. The molecule has 77 heavy (non-hydrogen) atoms. The van der Waals surface area contributed by atoms with E-state index in [9.17, 15) is 71.5 Å². The van der Waals surface area contributed by atoms with Gasteiger partial charge < -0.3 is 109 Å². The first-order chi connectivity index (χ1) is 36.0. The van der Waals surface area contributed by atoms with Gasteiger partial charge in [-0.05, 0) is 109 Å². The Morgan fingerprint density at radius 3 is 1.68 bits per heavy atom. The van der Waals surface area contributed by atoms with E-state index >= 15 is 4.79 Å². The molecule has 23 heteroatoms. The summed E-state index contributed by atoms with van der Waals surface area (Å²) in [4.78, 5) is 15.1. The summed E-state index contributed by atoms with van der Waals surface area (Å²) in [5.41, 5.74) is -1.25. The number of hydrogen-bond donors (Lipinski definition) is 14. The molecule has 0 bridgehead atoms. The average molecular weight is 1110 g/mol. The summed E-state index contributed by atoms with van der Waals surface area (Å²) in [6.07, 6.45) is -23.5. The number of allylic oxidation sites excluding steroid dienone is 2. The molecule has 0 aromatic rings. The maximum Gasteiger partial charge on any atom is 0.315 e. The molecular weight excluding hydrogens is 1020 g/mol. The minimum Gasteiger partial charge on any atom is -0.432 e. The Hall–Kier alpha value is -1.63. The van der Waals surface area contributed by atoms with Crippen molar-refractivity contribution >= 4 is 5.97 Å². The van der Waals surface area contributed by atoms with Crippen molar-refractivity contribution in [3.63, 3.8) is 0 Å². The fraction of sp³-hybridized carbons (Fsp3) is 0.944. The van der Waals surface area contributed by atoms with E-state index in [1.807, 2.05) is 0 Å². The molecule has 0 spiro atoms. The minimum absolute atomic E-state index is 0.108. The van der Waals surface area contributed by atoms with Crippen molar-refractivity contribution in [3.8, 4) is 0 Å². The van der Waals surface area contributed by atoms with Crippen molar-refractivity contribution in [2.24, 2.45) is 50.2 Å². The average Bonchev–Trinajstić information content (AvgIpc) is 3.51. The van der Waals surface area contributed by atoms with Gasteiger partial charge >= 0.3 is 5.97 Å². The third kappa shape index (κ3) is 9.90. The van der Waals surface area contributed by atoms with Crippen LogP contribution in [0.3, 0.4) is 0 Å². The van der Waals surface area contributed by atoms with Gasteiger partial charge in [-0.2, -0.15) is 0 Å². The van der Waals surface area contributed by atoms with Crippen LogP contribution in [0.1, 0.15) is 113 Å². The van der Waals surface area contributed by atoms with Gasteiger partial charge in [0.05, 0.1) is 37.9 Å². The number of aliphatic hydroxyl groups excluding tert-OH is 14. The molecule has 0 amide bonds. The Morgan fingerprint density at radius 2 is 1.06 bits per heavy atom. The molecule has 4 aliphatic heterocycles. The van der Waals surface area contributed by atoms with Gasteiger partial charge in [-0.15, -0.1) is 0 Å². The molecule has 14 N–H and O–H groups in total.